The molecule has 5 nitrogen and oxygen atoms in total. The predicted octanol–water partition coefficient (Wildman–Crippen LogP) is 1.57. The topological polar surface area (TPSA) is 52.8 Å². The lowest BCUT2D eigenvalue weighted by Crippen LogP contribution is -2.20. The van der Waals surface area contributed by atoms with Crippen LogP contribution in [0.25, 0.3) is 11.2 Å². The van der Waals surface area contributed by atoms with Gasteiger partial charge in [0.15, 0.2) is 5.65 Å². The Morgan fingerprint density at radius 1 is 1.53 bits per heavy atom. The molecule has 0 radical (unpaired) electrons. The molecule has 15 heavy (non-hydrogen) atoms. The van der Waals surface area contributed by atoms with Crippen molar-refractivity contribution in [2.75, 3.05) is 6.61 Å². The Bertz CT molecular complexity index is 524. The second kappa shape index (κ2) is 3.15. The monoisotopic (exact) mass is 224 g/mol. The average Bonchev–Trinajstić information content (AvgIpc) is 2.58. The van der Waals surface area contributed by atoms with E-state index in [4.69, 9.17) is 16.3 Å². The number of rotatable bonds is 0. The van der Waals surface area contributed by atoms with Crippen LogP contribution in [0.4, 0.5) is 0 Å². The van der Waals surface area contributed by atoms with Crippen molar-refractivity contribution in [3.05, 3.63) is 17.3 Å². The standard InChI is InChI=1S/C9H9ClN4O/c1-5-7-12-6-4-11-9(10)13-8(6)14(7)2-3-15-5/h4-5H,2-3H2,1H3. The molecule has 6 heteroatoms. The van der Waals surface area contributed by atoms with Gasteiger partial charge in [0, 0.05) is 6.54 Å². The molecule has 0 aliphatic carbocycles. The van der Waals surface area contributed by atoms with Gasteiger partial charge in [-0.05, 0) is 18.5 Å². The zero-order valence-corrected chi connectivity index (χ0v) is 8.90. The molecular formula is C9H9ClN4O. The molecule has 0 fully saturated rings. The molecule has 0 amide bonds. The van der Waals surface area contributed by atoms with E-state index in [0.717, 1.165) is 23.5 Å². The van der Waals surface area contributed by atoms with Gasteiger partial charge in [-0.1, -0.05) is 0 Å². The van der Waals surface area contributed by atoms with Gasteiger partial charge in [-0.2, -0.15) is 4.98 Å². The van der Waals surface area contributed by atoms with E-state index in [2.05, 4.69) is 15.0 Å². The zero-order chi connectivity index (χ0) is 10.4. The van der Waals surface area contributed by atoms with E-state index in [1.165, 1.54) is 0 Å². The van der Waals surface area contributed by atoms with E-state index in [-0.39, 0.29) is 11.4 Å². The van der Waals surface area contributed by atoms with Crippen molar-refractivity contribution in [2.45, 2.75) is 19.6 Å². The third-order valence-corrected chi connectivity index (χ3v) is 2.72. The normalized spacial score (nSPS) is 20.5. The maximum Gasteiger partial charge on any atom is 0.224 e. The van der Waals surface area contributed by atoms with Gasteiger partial charge in [0.1, 0.15) is 17.4 Å². The van der Waals surface area contributed by atoms with Crippen LogP contribution in [0.1, 0.15) is 18.9 Å². The lowest BCUT2D eigenvalue weighted by atomic mass is 10.3. The Kier molecular flexibility index (Phi) is 1.90. The van der Waals surface area contributed by atoms with Crippen LogP contribution < -0.4 is 0 Å². The summed E-state index contributed by atoms with van der Waals surface area (Å²) in [5.41, 5.74) is 1.56. The van der Waals surface area contributed by atoms with E-state index in [1.807, 2.05) is 11.5 Å². The van der Waals surface area contributed by atoms with E-state index in [0.29, 0.717) is 6.61 Å². The fraction of sp³-hybridized carbons (Fsp3) is 0.444. The lowest BCUT2D eigenvalue weighted by Gasteiger charge is -2.20. The summed E-state index contributed by atoms with van der Waals surface area (Å²) in [5, 5.41) is 0.254. The SMILES string of the molecule is CC1OCCn2c1nc1cnc(Cl)nc12. The van der Waals surface area contributed by atoms with Crippen LogP contribution in [0.15, 0.2) is 6.20 Å². The minimum Gasteiger partial charge on any atom is -0.369 e. The first kappa shape index (κ1) is 9.06. The van der Waals surface area contributed by atoms with Crippen molar-refractivity contribution in [1.82, 2.24) is 19.5 Å². The van der Waals surface area contributed by atoms with E-state index < -0.39 is 0 Å². The first-order chi connectivity index (χ1) is 7.25. The summed E-state index contributed by atoms with van der Waals surface area (Å²) in [4.78, 5) is 12.5. The third kappa shape index (κ3) is 1.31. The van der Waals surface area contributed by atoms with Gasteiger partial charge in [0.05, 0.1) is 12.8 Å². The third-order valence-electron chi connectivity index (χ3n) is 2.53. The number of nitrogens with zero attached hydrogens (tertiary/aromatic N) is 4. The summed E-state index contributed by atoms with van der Waals surface area (Å²) in [7, 11) is 0. The number of ether oxygens (including phenoxy) is 1. The van der Waals surface area contributed by atoms with Crippen LogP contribution in [0.2, 0.25) is 5.28 Å². The summed E-state index contributed by atoms with van der Waals surface area (Å²) in [6.45, 7) is 3.43. The minimum atomic E-state index is 0.00623. The quantitative estimate of drug-likeness (QED) is 0.638. The Balaban J connectivity index is 2.31. The first-order valence-electron chi connectivity index (χ1n) is 4.76. The highest BCUT2D eigenvalue weighted by Crippen LogP contribution is 2.25. The van der Waals surface area contributed by atoms with Crippen molar-refractivity contribution in [2.24, 2.45) is 0 Å². The molecule has 0 saturated heterocycles. The Morgan fingerprint density at radius 2 is 2.40 bits per heavy atom. The summed E-state index contributed by atoms with van der Waals surface area (Å²) in [5.74, 6) is 0.896. The van der Waals surface area contributed by atoms with Crippen LogP contribution in [-0.2, 0) is 11.3 Å². The highest BCUT2D eigenvalue weighted by Gasteiger charge is 2.22. The summed E-state index contributed by atoms with van der Waals surface area (Å²) in [6.07, 6.45) is 1.65. The van der Waals surface area contributed by atoms with Gasteiger partial charge < -0.3 is 9.30 Å². The zero-order valence-electron chi connectivity index (χ0n) is 8.14. The molecule has 1 aliphatic rings. The fourth-order valence-corrected chi connectivity index (χ4v) is 1.97. The van der Waals surface area contributed by atoms with Gasteiger partial charge >= 0.3 is 0 Å². The van der Waals surface area contributed by atoms with Crippen LogP contribution in [-0.4, -0.2) is 26.1 Å². The average molecular weight is 225 g/mol. The molecule has 1 aliphatic heterocycles. The number of aromatic nitrogens is 4. The minimum absolute atomic E-state index is 0.00623. The first-order valence-corrected chi connectivity index (χ1v) is 5.14. The number of imidazole rings is 1. The van der Waals surface area contributed by atoms with Gasteiger partial charge in [-0.15, -0.1) is 0 Å². The van der Waals surface area contributed by atoms with E-state index >= 15 is 0 Å². The number of fused-ring (bicyclic) bond motifs is 3. The maximum absolute atomic E-state index is 5.76. The molecule has 0 N–H and O–H groups in total. The molecule has 0 saturated carbocycles. The van der Waals surface area contributed by atoms with Gasteiger partial charge in [0.2, 0.25) is 5.28 Å². The number of halogens is 1. The van der Waals surface area contributed by atoms with E-state index in [9.17, 15) is 0 Å². The second-order valence-electron chi connectivity index (χ2n) is 3.48. The summed E-state index contributed by atoms with van der Waals surface area (Å²) < 4.78 is 7.54. The number of hydrogen-bond donors (Lipinski definition) is 0. The number of hydrogen-bond acceptors (Lipinski definition) is 4. The molecule has 0 aromatic carbocycles. The van der Waals surface area contributed by atoms with Gasteiger partial charge in [-0.25, -0.2) is 9.97 Å². The molecule has 2 aromatic rings. The van der Waals surface area contributed by atoms with Gasteiger partial charge in [-0.3, -0.25) is 0 Å². The molecule has 78 valence electrons. The van der Waals surface area contributed by atoms with Crippen LogP contribution in [0, 0.1) is 0 Å². The van der Waals surface area contributed by atoms with Crippen LogP contribution in [0.3, 0.4) is 0 Å². The smallest absolute Gasteiger partial charge is 0.224 e. The fourth-order valence-electron chi connectivity index (χ4n) is 1.84. The van der Waals surface area contributed by atoms with Crippen molar-refractivity contribution in [1.29, 1.82) is 0 Å². The van der Waals surface area contributed by atoms with Crippen molar-refractivity contribution in [3.63, 3.8) is 0 Å². The largest absolute Gasteiger partial charge is 0.369 e. The molecule has 1 unspecified atom stereocenters. The Morgan fingerprint density at radius 3 is 3.27 bits per heavy atom. The highest BCUT2D eigenvalue weighted by atomic mass is 35.5. The van der Waals surface area contributed by atoms with Crippen LogP contribution in [0.5, 0.6) is 0 Å². The molecule has 1 atom stereocenters. The second-order valence-corrected chi connectivity index (χ2v) is 3.82. The van der Waals surface area contributed by atoms with Crippen molar-refractivity contribution >= 4 is 22.8 Å². The molecule has 2 aromatic heterocycles. The van der Waals surface area contributed by atoms with Gasteiger partial charge in [0.25, 0.3) is 0 Å². The van der Waals surface area contributed by atoms with E-state index in [1.54, 1.807) is 6.20 Å². The molecule has 0 spiro atoms. The maximum atomic E-state index is 5.76. The van der Waals surface area contributed by atoms with Crippen molar-refractivity contribution < 1.29 is 4.74 Å². The van der Waals surface area contributed by atoms with Crippen LogP contribution >= 0.6 is 11.6 Å². The molecule has 3 heterocycles. The Hall–Kier alpha value is -1.20. The summed E-state index contributed by atoms with van der Waals surface area (Å²) in [6, 6.07) is 0. The molecular weight excluding hydrogens is 216 g/mol. The molecule has 3 rings (SSSR count). The predicted molar refractivity (Wildman–Crippen MR) is 54.7 cm³/mol. The summed E-state index contributed by atoms with van der Waals surface area (Å²) >= 11 is 5.76. The van der Waals surface area contributed by atoms with Crippen molar-refractivity contribution in [3.8, 4) is 0 Å². The Labute approximate surface area is 91.1 Å². The highest BCUT2D eigenvalue weighted by molar-refractivity contribution is 6.28. The lowest BCUT2D eigenvalue weighted by molar-refractivity contribution is 0.0304. The molecule has 0 bridgehead atoms.